The average molecular weight is 301 g/mol. The summed E-state index contributed by atoms with van der Waals surface area (Å²) in [5.74, 6) is 0.862. The molecular formula is C14H21ClN2O3. The fourth-order valence-electron chi connectivity index (χ4n) is 1.73. The zero-order valence-electron chi connectivity index (χ0n) is 11.9. The second-order valence-corrected chi connectivity index (χ2v) is 4.71. The third kappa shape index (κ3) is 4.90. The van der Waals surface area contributed by atoms with E-state index in [9.17, 15) is 4.79 Å². The molecule has 20 heavy (non-hydrogen) atoms. The molecule has 0 aliphatic heterocycles. The average Bonchev–Trinajstić information content (AvgIpc) is 2.43. The van der Waals surface area contributed by atoms with Crippen molar-refractivity contribution >= 4 is 17.5 Å². The van der Waals surface area contributed by atoms with Gasteiger partial charge in [0.2, 0.25) is 0 Å². The Morgan fingerprint density at radius 2 is 2.20 bits per heavy atom. The largest absolute Gasteiger partial charge is 0.493 e. The van der Waals surface area contributed by atoms with Gasteiger partial charge in [-0.15, -0.1) is 0 Å². The van der Waals surface area contributed by atoms with Gasteiger partial charge < -0.3 is 20.5 Å². The molecule has 0 radical (unpaired) electrons. The van der Waals surface area contributed by atoms with E-state index in [1.165, 1.54) is 7.11 Å². The lowest BCUT2D eigenvalue weighted by molar-refractivity contribution is -0.123. The van der Waals surface area contributed by atoms with Crippen molar-refractivity contribution in [1.82, 2.24) is 5.32 Å². The van der Waals surface area contributed by atoms with Crippen LogP contribution in [0.15, 0.2) is 12.1 Å². The summed E-state index contributed by atoms with van der Waals surface area (Å²) >= 11 is 6.01. The van der Waals surface area contributed by atoms with Gasteiger partial charge in [-0.2, -0.15) is 0 Å². The quantitative estimate of drug-likeness (QED) is 0.767. The highest BCUT2D eigenvalue weighted by Crippen LogP contribution is 2.34. The van der Waals surface area contributed by atoms with Crippen LogP contribution in [0.1, 0.15) is 18.9 Å². The summed E-state index contributed by atoms with van der Waals surface area (Å²) in [6, 6.07) is 3.43. The number of benzene rings is 1. The van der Waals surface area contributed by atoms with Gasteiger partial charge >= 0.3 is 0 Å². The zero-order valence-corrected chi connectivity index (χ0v) is 12.6. The Hall–Kier alpha value is -1.46. The van der Waals surface area contributed by atoms with Crippen molar-refractivity contribution < 1.29 is 14.3 Å². The van der Waals surface area contributed by atoms with Crippen molar-refractivity contribution in [2.45, 2.75) is 19.8 Å². The third-order valence-corrected chi connectivity index (χ3v) is 2.87. The van der Waals surface area contributed by atoms with E-state index >= 15 is 0 Å². The number of amides is 1. The number of nitrogens with two attached hydrogens (primary N) is 1. The molecule has 0 aliphatic rings. The van der Waals surface area contributed by atoms with Crippen LogP contribution in [-0.4, -0.2) is 32.7 Å². The second-order valence-electron chi connectivity index (χ2n) is 4.27. The van der Waals surface area contributed by atoms with E-state index in [0.717, 1.165) is 12.0 Å². The highest BCUT2D eigenvalue weighted by atomic mass is 35.5. The molecule has 0 atom stereocenters. The maximum Gasteiger partial charge on any atom is 0.257 e. The molecule has 1 aromatic carbocycles. The summed E-state index contributed by atoms with van der Waals surface area (Å²) in [5, 5.41) is 3.30. The van der Waals surface area contributed by atoms with E-state index in [2.05, 4.69) is 5.32 Å². The summed E-state index contributed by atoms with van der Waals surface area (Å²) in [5.41, 5.74) is 6.41. The van der Waals surface area contributed by atoms with Crippen LogP contribution < -0.4 is 20.5 Å². The van der Waals surface area contributed by atoms with E-state index in [0.29, 0.717) is 36.0 Å². The Labute approximate surface area is 124 Å². The standard InChI is InChI=1S/C14H21ClN2O3/c1-3-6-17-13(18)9-20-14-10(4-5-16)7-11(15)8-12(14)19-2/h7-8H,3-6,9,16H2,1-2H3,(H,17,18). The van der Waals surface area contributed by atoms with Crippen molar-refractivity contribution in [3.05, 3.63) is 22.7 Å². The minimum absolute atomic E-state index is 0.0600. The van der Waals surface area contributed by atoms with Crippen molar-refractivity contribution in [3.63, 3.8) is 0 Å². The predicted octanol–water partition coefficient (Wildman–Crippen LogP) is 1.75. The van der Waals surface area contributed by atoms with E-state index < -0.39 is 0 Å². The fourth-order valence-corrected chi connectivity index (χ4v) is 1.96. The first kappa shape index (κ1) is 16.6. The number of hydrogen-bond acceptors (Lipinski definition) is 4. The minimum atomic E-state index is -0.164. The molecule has 0 saturated carbocycles. The van der Waals surface area contributed by atoms with Gasteiger partial charge in [-0.05, 0) is 25.5 Å². The van der Waals surface area contributed by atoms with E-state index in [1.807, 2.05) is 6.92 Å². The highest BCUT2D eigenvalue weighted by Gasteiger charge is 2.14. The molecule has 0 fully saturated rings. The molecule has 1 amide bonds. The smallest absolute Gasteiger partial charge is 0.257 e. The fraction of sp³-hybridized carbons (Fsp3) is 0.500. The maximum atomic E-state index is 11.6. The lowest BCUT2D eigenvalue weighted by Gasteiger charge is -2.15. The van der Waals surface area contributed by atoms with Crippen LogP contribution in [0.4, 0.5) is 0 Å². The highest BCUT2D eigenvalue weighted by molar-refractivity contribution is 6.30. The first-order chi connectivity index (χ1) is 9.62. The van der Waals surface area contributed by atoms with Gasteiger partial charge in [0.1, 0.15) is 0 Å². The molecule has 6 heteroatoms. The SMILES string of the molecule is CCCNC(=O)COc1c(CCN)cc(Cl)cc1OC. The molecule has 112 valence electrons. The summed E-state index contributed by atoms with van der Waals surface area (Å²) in [7, 11) is 1.53. The monoisotopic (exact) mass is 300 g/mol. The number of ether oxygens (including phenoxy) is 2. The topological polar surface area (TPSA) is 73.6 Å². The number of halogens is 1. The summed E-state index contributed by atoms with van der Waals surface area (Å²) < 4.78 is 10.8. The Morgan fingerprint density at radius 1 is 1.45 bits per heavy atom. The maximum absolute atomic E-state index is 11.6. The Bertz CT molecular complexity index is 452. The molecule has 0 aromatic heterocycles. The summed E-state index contributed by atoms with van der Waals surface area (Å²) in [6.07, 6.45) is 1.48. The first-order valence-corrected chi connectivity index (χ1v) is 6.96. The summed E-state index contributed by atoms with van der Waals surface area (Å²) in [6.45, 7) is 3.02. The van der Waals surface area contributed by atoms with E-state index in [4.69, 9.17) is 26.8 Å². The predicted molar refractivity (Wildman–Crippen MR) is 79.6 cm³/mol. The first-order valence-electron chi connectivity index (χ1n) is 6.58. The Kier molecular flexibility index (Phi) is 7.18. The molecule has 0 saturated heterocycles. The third-order valence-electron chi connectivity index (χ3n) is 2.65. The number of carbonyl (C=O) groups is 1. The molecule has 0 bridgehead atoms. The van der Waals surface area contributed by atoms with Crippen molar-refractivity contribution in [1.29, 1.82) is 0 Å². The van der Waals surface area contributed by atoms with Crippen LogP contribution in [0.5, 0.6) is 11.5 Å². The van der Waals surface area contributed by atoms with Crippen molar-refractivity contribution in [3.8, 4) is 11.5 Å². The lowest BCUT2D eigenvalue weighted by Crippen LogP contribution is -2.29. The molecule has 0 unspecified atom stereocenters. The Morgan fingerprint density at radius 3 is 2.80 bits per heavy atom. The van der Waals surface area contributed by atoms with Crippen molar-refractivity contribution in [2.24, 2.45) is 5.73 Å². The number of methoxy groups -OCH3 is 1. The van der Waals surface area contributed by atoms with Crippen LogP contribution in [-0.2, 0) is 11.2 Å². The molecule has 1 aromatic rings. The van der Waals surface area contributed by atoms with Gasteiger partial charge in [0, 0.05) is 23.2 Å². The molecule has 0 heterocycles. The number of rotatable bonds is 8. The van der Waals surface area contributed by atoms with Gasteiger partial charge in [0.05, 0.1) is 7.11 Å². The second kappa shape index (κ2) is 8.66. The van der Waals surface area contributed by atoms with E-state index in [-0.39, 0.29) is 12.5 Å². The lowest BCUT2D eigenvalue weighted by atomic mass is 10.1. The van der Waals surface area contributed by atoms with Gasteiger partial charge in [-0.25, -0.2) is 0 Å². The van der Waals surface area contributed by atoms with Crippen LogP contribution in [0.3, 0.4) is 0 Å². The summed E-state index contributed by atoms with van der Waals surface area (Å²) in [4.78, 5) is 11.6. The van der Waals surface area contributed by atoms with Crippen LogP contribution in [0.2, 0.25) is 5.02 Å². The van der Waals surface area contributed by atoms with Gasteiger partial charge in [0.15, 0.2) is 18.1 Å². The Balaban J connectivity index is 2.83. The van der Waals surface area contributed by atoms with Crippen LogP contribution in [0.25, 0.3) is 0 Å². The van der Waals surface area contributed by atoms with Gasteiger partial charge in [0.25, 0.3) is 5.91 Å². The zero-order chi connectivity index (χ0) is 15.0. The minimum Gasteiger partial charge on any atom is -0.493 e. The van der Waals surface area contributed by atoms with Crippen LogP contribution >= 0.6 is 11.6 Å². The molecule has 0 aliphatic carbocycles. The molecule has 5 nitrogen and oxygen atoms in total. The number of carbonyl (C=O) groups excluding carboxylic acids is 1. The van der Waals surface area contributed by atoms with Crippen LogP contribution in [0, 0.1) is 0 Å². The number of nitrogens with one attached hydrogen (secondary N) is 1. The molecule has 3 N–H and O–H groups in total. The van der Waals surface area contributed by atoms with Gasteiger partial charge in [-0.1, -0.05) is 18.5 Å². The van der Waals surface area contributed by atoms with Crippen molar-refractivity contribution in [2.75, 3.05) is 26.8 Å². The molecule has 0 spiro atoms. The molecule has 1 rings (SSSR count). The normalized spacial score (nSPS) is 10.2. The molecular weight excluding hydrogens is 280 g/mol. The number of hydrogen-bond donors (Lipinski definition) is 2. The van der Waals surface area contributed by atoms with Gasteiger partial charge in [-0.3, -0.25) is 4.79 Å². The van der Waals surface area contributed by atoms with E-state index in [1.54, 1.807) is 12.1 Å².